The number of aliphatic hydroxyl groups is 1. The number of carboxylic acid groups (broad SMARTS) is 1. The Hall–Kier alpha value is -4.67. The molecule has 1 fully saturated rings. The second-order valence-electron chi connectivity index (χ2n) is 11.2. The summed E-state index contributed by atoms with van der Waals surface area (Å²) in [6.45, 7) is 5.35. The molecule has 2 aromatic carbocycles. The Morgan fingerprint density at radius 3 is 2.34 bits per heavy atom. The second-order valence-corrected chi connectivity index (χ2v) is 11.2. The number of carbonyl (C=O) groups is 2. The molecule has 1 saturated heterocycles. The molecule has 5 rings (SSSR count). The number of carboxylic acids is 1. The summed E-state index contributed by atoms with van der Waals surface area (Å²) < 4.78 is 5.95. The van der Waals surface area contributed by atoms with Gasteiger partial charge in [0.15, 0.2) is 17.5 Å². The normalized spacial score (nSPS) is 15.0. The molecule has 0 spiro atoms. The van der Waals surface area contributed by atoms with Crippen molar-refractivity contribution >= 4 is 17.4 Å². The van der Waals surface area contributed by atoms with Crippen molar-refractivity contribution in [1.29, 1.82) is 0 Å². The Morgan fingerprint density at radius 1 is 1.02 bits per heavy atom. The number of aryl methyl sites for hydroxylation is 1. The van der Waals surface area contributed by atoms with Crippen molar-refractivity contribution in [1.82, 2.24) is 15.0 Å². The first-order valence-electron chi connectivity index (χ1n) is 14.8. The molecule has 0 amide bonds. The molecule has 10 heteroatoms. The van der Waals surface area contributed by atoms with Crippen molar-refractivity contribution < 1.29 is 24.5 Å². The number of anilines is 1. The van der Waals surface area contributed by atoms with Gasteiger partial charge in [0.1, 0.15) is 12.4 Å². The summed E-state index contributed by atoms with van der Waals surface area (Å²) in [6, 6.07) is 19.8. The van der Waals surface area contributed by atoms with Gasteiger partial charge in [0.2, 0.25) is 5.78 Å². The maximum Gasteiger partial charge on any atom is 0.328 e. The van der Waals surface area contributed by atoms with E-state index in [1.54, 1.807) is 20.0 Å². The predicted octanol–water partition coefficient (Wildman–Crippen LogP) is 4.53. The maximum atomic E-state index is 13.1. The number of ether oxygens (including phenoxy) is 1. The number of hydrogen-bond donors (Lipinski definition) is 3. The van der Waals surface area contributed by atoms with Crippen molar-refractivity contribution in [3.63, 3.8) is 0 Å². The molecule has 2 aromatic heterocycles. The standard InChI is InChI=1S/C34H37N5O5/c1-21-33(44-20-24-6-4-3-5-7-24)31(32(41)30(35)34(42)43)38-29(37-21)18-23-14-16-39(17-15-23)27-11-8-25(9-12-27)28-13-10-26(19-36-28)22(2)40/h3-13,19,22-23,30,40H,14-18,20,35H2,1-2H3,(H,42,43). The van der Waals surface area contributed by atoms with Crippen LogP contribution in [0.1, 0.15) is 59.0 Å². The van der Waals surface area contributed by atoms with E-state index in [-0.39, 0.29) is 18.1 Å². The van der Waals surface area contributed by atoms with E-state index in [1.165, 1.54) is 0 Å². The van der Waals surface area contributed by atoms with Gasteiger partial charge in [-0.05, 0) is 61.9 Å². The quantitative estimate of drug-likeness (QED) is 0.167. The van der Waals surface area contributed by atoms with Crippen LogP contribution in [0, 0.1) is 12.8 Å². The lowest BCUT2D eigenvalue weighted by atomic mass is 9.92. The van der Waals surface area contributed by atoms with Crippen LogP contribution in [0.25, 0.3) is 11.3 Å². The molecular weight excluding hydrogens is 558 g/mol. The van der Waals surface area contributed by atoms with Gasteiger partial charge in [-0.1, -0.05) is 48.5 Å². The van der Waals surface area contributed by atoms with E-state index in [0.29, 0.717) is 23.9 Å². The Labute approximate surface area is 256 Å². The first-order chi connectivity index (χ1) is 21.2. The number of nitrogens with zero attached hydrogens (tertiary/aromatic N) is 4. The fraction of sp³-hybridized carbons (Fsp3) is 0.324. The van der Waals surface area contributed by atoms with Gasteiger partial charge in [-0.3, -0.25) is 14.6 Å². The molecule has 1 aliphatic heterocycles. The van der Waals surface area contributed by atoms with Gasteiger partial charge in [-0.25, -0.2) is 9.97 Å². The van der Waals surface area contributed by atoms with Gasteiger partial charge in [0, 0.05) is 37.0 Å². The van der Waals surface area contributed by atoms with Crippen molar-refractivity contribution in [2.45, 2.75) is 51.9 Å². The van der Waals surface area contributed by atoms with Gasteiger partial charge in [-0.15, -0.1) is 0 Å². The molecule has 0 radical (unpaired) electrons. The van der Waals surface area contributed by atoms with Crippen molar-refractivity contribution in [3.8, 4) is 17.0 Å². The highest BCUT2D eigenvalue weighted by atomic mass is 16.5. The average Bonchev–Trinajstić information content (AvgIpc) is 3.04. The zero-order chi connectivity index (χ0) is 31.2. The number of aliphatic carboxylic acids is 1. The highest BCUT2D eigenvalue weighted by molar-refractivity contribution is 6.11. The van der Waals surface area contributed by atoms with Gasteiger partial charge in [0.25, 0.3) is 0 Å². The smallest absolute Gasteiger partial charge is 0.328 e. The largest absolute Gasteiger partial charge is 0.485 e. The molecule has 0 saturated carbocycles. The van der Waals surface area contributed by atoms with Crippen molar-refractivity contribution in [3.05, 3.63) is 101 Å². The van der Waals surface area contributed by atoms with E-state index >= 15 is 0 Å². The van der Waals surface area contributed by atoms with Crippen LogP contribution in [0.2, 0.25) is 0 Å². The summed E-state index contributed by atoms with van der Waals surface area (Å²) in [5.74, 6) is -1.29. The Balaban J connectivity index is 1.25. The third kappa shape index (κ3) is 7.27. The summed E-state index contributed by atoms with van der Waals surface area (Å²) in [4.78, 5) is 40.6. The Morgan fingerprint density at radius 2 is 1.73 bits per heavy atom. The molecule has 228 valence electrons. The number of piperidine rings is 1. The minimum atomic E-state index is -1.75. The lowest BCUT2D eigenvalue weighted by Crippen LogP contribution is -2.39. The van der Waals surface area contributed by atoms with Crippen LogP contribution >= 0.6 is 0 Å². The highest BCUT2D eigenvalue weighted by Crippen LogP contribution is 2.29. The molecular formula is C34H37N5O5. The summed E-state index contributed by atoms with van der Waals surface area (Å²) in [7, 11) is 0. The molecule has 0 aliphatic carbocycles. The minimum absolute atomic E-state index is 0.0918. The summed E-state index contributed by atoms with van der Waals surface area (Å²) in [6.07, 6.45) is 3.54. The van der Waals surface area contributed by atoms with E-state index in [2.05, 4.69) is 44.1 Å². The molecule has 3 heterocycles. The first kappa shape index (κ1) is 30.8. The maximum absolute atomic E-state index is 13.1. The van der Waals surface area contributed by atoms with Crippen LogP contribution in [0.4, 0.5) is 5.69 Å². The number of nitrogens with two attached hydrogens (primary N) is 1. The summed E-state index contributed by atoms with van der Waals surface area (Å²) in [5.41, 5.74) is 10.8. The number of benzene rings is 2. The molecule has 44 heavy (non-hydrogen) atoms. The third-order valence-corrected chi connectivity index (χ3v) is 7.97. The molecule has 1 aliphatic rings. The number of rotatable bonds is 11. The molecule has 10 nitrogen and oxygen atoms in total. The number of aliphatic hydroxyl groups excluding tert-OH is 1. The summed E-state index contributed by atoms with van der Waals surface area (Å²) >= 11 is 0. The molecule has 2 atom stereocenters. The van der Waals surface area contributed by atoms with Crippen LogP contribution in [0.5, 0.6) is 5.75 Å². The molecule has 4 aromatic rings. The van der Waals surface area contributed by atoms with Gasteiger partial charge in [0.05, 0.1) is 17.5 Å². The van der Waals surface area contributed by atoms with Gasteiger partial charge in [-0.2, -0.15) is 0 Å². The van der Waals surface area contributed by atoms with Crippen LogP contribution in [-0.2, 0) is 17.8 Å². The zero-order valence-electron chi connectivity index (χ0n) is 24.9. The molecule has 2 unspecified atom stereocenters. The van der Waals surface area contributed by atoms with Crippen molar-refractivity contribution in [2.75, 3.05) is 18.0 Å². The number of hydrogen-bond acceptors (Lipinski definition) is 9. The lowest BCUT2D eigenvalue weighted by molar-refractivity contribution is -0.137. The van der Waals surface area contributed by atoms with E-state index in [4.69, 9.17) is 10.5 Å². The summed E-state index contributed by atoms with van der Waals surface area (Å²) in [5, 5.41) is 19.1. The van der Waals surface area contributed by atoms with Crippen LogP contribution in [-0.4, -0.2) is 56.0 Å². The van der Waals surface area contributed by atoms with Crippen LogP contribution < -0.4 is 15.4 Å². The zero-order valence-corrected chi connectivity index (χ0v) is 24.9. The highest BCUT2D eigenvalue weighted by Gasteiger charge is 2.30. The topological polar surface area (TPSA) is 152 Å². The van der Waals surface area contributed by atoms with E-state index < -0.39 is 23.9 Å². The van der Waals surface area contributed by atoms with E-state index in [0.717, 1.165) is 54.0 Å². The first-order valence-corrected chi connectivity index (χ1v) is 14.8. The van der Waals surface area contributed by atoms with Crippen LogP contribution in [0.15, 0.2) is 72.9 Å². The second kappa shape index (κ2) is 13.7. The van der Waals surface area contributed by atoms with Gasteiger partial charge >= 0.3 is 5.97 Å². The SMILES string of the molecule is Cc1nc(CC2CCN(c3ccc(-c4ccc(C(C)O)cn4)cc3)CC2)nc(C(=O)C(N)C(=O)O)c1OCc1ccccc1. The minimum Gasteiger partial charge on any atom is -0.485 e. The average molecular weight is 596 g/mol. The van der Waals surface area contributed by atoms with Crippen LogP contribution in [0.3, 0.4) is 0 Å². The Kier molecular flexibility index (Phi) is 9.62. The van der Waals surface area contributed by atoms with E-state index in [1.807, 2.05) is 42.5 Å². The molecule has 4 N–H and O–H groups in total. The fourth-order valence-electron chi connectivity index (χ4n) is 5.36. The third-order valence-electron chi connectivity index (χ3n) is 7.97. The fourth-order valence-corrected chi connectivity index (χ4v) is 5.36. The number of Topliss-reactive ketones (excluding diaryl/α,β-unsaturated/α-hetero) is 1. The molecule has 0 bridgehead atoms. The predicted molar refractivity (Wildman–Crippen MR) is 166 cm³/mol. The van der Waals surface area contributed by atoms with E-state index in [9.17, 15) is 19.8 Å². The number of pyridine rings is 1. The Bertz CT molecular complexity index is 1590. The lowest BCUT2D eigenvalue weighted by Gasteiger charge is -2.33. The number of aromatic nitrogens is 3. The number of carbonyl (C=O) groups excluding carboxylic acids is 1. The number of ketones is 1. The van der Waals surface area contributed by atoms with Crippen molar-refractivity contribution in [2.24, 2.45) is 11.7 Å². The van der Waals surface area contributed by atoms with Gasteiger partial charge < -0.3 is 25.6 Å². The monoisotopic (exact) mass is 595 g/mol.